The first-order valence-corrected chi connectivity index (χ1v) is 10.7. The number of aryl methyl sites for hydroxylation is 1. The summed E-state index contributed by atoms with van der Waals surface area (Å²) in [6, 6.07) is 8.13. The molecule has 1 unspecified atom stereocenters. The quantitative estimate of drug-likeness (QED) is 0.407. The van der Waals surface area contributed by atoms with Crippen molar-refractivity contribution >= 4 is 34.7 Å². The van der Waals surface area contributed by atoms with Gasteiger partial charge in [0, 0.05) is 36.0 Å². The van der Waals surface area contributed by atoms with Crippen LogP contribution in [0.15, 0.2) is 49.1 Å². The maximum absolute atomic E-state index is 13.4. The summed E-state index contributed by atoms with van der Waals surface area (Å²) in [6.07, 6.45) is 5.21. The van der Waals surface area contributed by atoms with Crippen LogP contribution in [0.4, 0.5) is 27.5 Å². The summed E-state index contributed by atoms with van der Waals surface area (Å²) in [6.45, 7) is 4.65. The van der Waals surface area contributed by atoms with E-state index in [1.807, 2.05) is 24.1 Å². The van der Waals surface area contributed by atoms with E-state index in [1.165, 1.54) is 12.1 Å². The second-order valence-electron chi connectivity index (χ2n) is 7.86. The van der Waals surface area contributed by atoms with E-state index in [0.717, 1.165) is 16.9 Å². The van der Waals surface area contributed by atoms with E-state index in [4.69, 9.17) is 21.3 Å². The van der Waals surface area contributed by atoms with Gasteiger partial charge in [-0.05, 0) is 31.2 Å². The molecule has 0 aliphatic carbocycles. The molecule has 0 saturated heterocycles. The zero-order valence-electron chi connectivity index (χ0n) is 18.3. The Kier molecular flexibility index (Phi) is 5.33. The Balaban J connectivity index is 1.48. The first kappa shape index (κ1) is 21.1. The van der Waals surface area contributed by atoms with Crippen molar-refractivity contribution in [2.75, 3.05) is 23.9 Å². The number of halogens is 2. The van der Waals surface area contributed by atoms with Gasteiger partial charge in [0.1, 0.15) is 23.1 Å². The molecule has 1 aromatic carbocycles. The van der Waals surface area contributed by atoms with E-state index in [2.05, 4.69) is 27.2 Å². The third-order valence-corrected chi connectivity index (χ3v) is 5.78. The Labute approximate surface area is 195 Å². The summed E-state index contributed by atoms with van der Waals surface area (Å²) in [4.78, 5) is 19.9. The number of nitrogens with zero attached hydrogens (tertiary/aromatic N) is 6. The van der Waals surface area contributed by atoms with E-state index >= 15 is 0 Å². The fourth-order valence-corrected chi connectivity index (χ4v) is 4.28. The number of anilines is 4. The number of ether oxygens (including phenoxy) is 1. The number of rotatable bonds is 5. The molecule has 0 amide bonds. The predicted molar refractivity (Wildman–Crippen MR) is 125 cm³/mol. The van der Waals surface area contributed by atoms with Crippen LogP contribution in [0.5, 0.6) is 5.75 Å². The van der Waals surface area contributed by atoms with Gasteiger partial charge in [-0.15, -0.1) is 0 Å². The number of pyridine rings is 1. The van der Waals surface area contributed by atoms with Crippen molar-refractivity contribution < 1.29 is 9.13 Å². The third-order valence-electron chi connectivity index (χ3n) is 5.49. The highest BCUT2D eigenvalue weighted by molar-refractivity contribution is 6.30. The molecule has 1 aliphatic rings. The van der Waals surface area contributed by atoms with Gasteiger partial charge in [0.15, 0.2) is 11.6 Å². The molecule has 168 valence electrons. The molecule has 10 heteroatoms. The third kappa shape index (κ3) is 3.95. The van der Waals surface area contributed by atoms with E-state index in [-0.39, 0.29) is 11.7 Å². The number of imidazole rings is 1. The largest absolute Gasteiger partial charge is 0.493 e. The van der Waals surface area contributed by atoms with Crippen molar-refractivity contribution in [1.29, 1.82) is 0 Å². The minimum atomic E-state index is -0.287. The van der Waals surface area contributed by atoms with Gasteiger partial charge in [-0.1, -0.05) is 18.5 Å². The number of hydrogen-bond donors (Lipinski definition) is 1. The zero-order chi connectivity index (χ0) is 23.1. The second kappa shape index (κ2) is 8.32. The Morgan fingerprint density at radius 2 is 1.94 bits per heavy atom. The molecule has 1 atom stereocenters. The lowest BCUT2D eigenvalue weighted by molar-refractivity contribution is 0.411. The Hall–Kier alpha value is -3.72. The number of fused-ring (bicyclic) bond motifs is 1. The maximum Gasteiger partial charge on any atom is 0.230 e. The molecule has 0 spiro atoms. The van der Waals surface area contributed by atoms with Gasteiger partial charge in [-0.2, -0.15) is 4.98 Å². The molecule has 0 saturated carbocycles. The van der Waals surface area contributed by atoms with Crippen LogP contribution in [0.2, 0.25) is 5.15 Å². The molecule has 3 aromatic heterocycles. The minimum absolute atomic E-state index is 0.131. The summed E-state index contributed by atoms with van der Waals surface area (Å²) in [5.74, 6) is 2.05. The average Bonchev–Trinajstić information content (AvgIpc) is 3.37. The molecule has 4 heterocycles. The van der Waals surface area contributed by atoms with Crippen LogP contribution < -0.4 is 15.0 Å². The molecule has 1 N–H and O–H groups in total. The molecular weight excluding hydrogens is 445 g/mol. The molecule has 33 heavy (non-hydrogen) atoms. The van der Waals surface area contributed by atoms with Crippen molar-refractivity contribution in [3.05, 3.63) is 71.3 Å². The van der Waals surface area contributed by atoms with E-state index < -0.39 is 0 Å². The molecule has 0 radical (unpaired) electrons. The Morgan fingerprint density at radius 3 is 2.64 bits per heavy atom. The smallest absolute Gasteiger partial charge is 0.230 e. The first-order chi connectivity index (χ1) is 15.9. The zero-order valence-corrected chi connectivity index (χ0v) is 19.0. The number of nitrogens with one attached hydrogen (secondary N) is 1. The van der Waals surface area contributed by atoms with Crippen LogP contribution in [0, 0.1) is 12.7 Å². The van der Waals surface area contributed by atoms with Gasteiger partial charge >= 0.3 is 0 Å². The van der Waals surface area contributed by atoms with Gasteiger partial charge < -0.3 is 15.0 Å². The summed E-state index contributed by atoms with van der Waals surface area (Å²) in [7, 11) is 1.58. The fourth-order valence-electron chi connectivity index (χ4n) is 3.93. The normalized spacial score (nSPS) is 14.9. The molecule has 4 aromatic rings. The number of benzene rings is 1. The average molecular weight is 466 g/mol. The summed E-state index contributed by atoms with van der Waals surface area (Å²) < 4.78 is 20.7. The topological polar surface area (TPSA) is 81.0 Å². The monoisotopic (exact) mass is 465 g/mol. The van der Waals surface area contributed by atoms with Gasteiger partial charge in [0.2, 0.25) is 5.95 Å². The Bertz CT molecular complexity index is 1330. The van der Waals surface area contributed by atoms with Crippen LogP contribution in [-0.2, 0) is 0 Å². The summed E-state index contributed by atoms with van der Waals surface area (Å²) in [5.41, 5.74) is 3.23. The lowest BCUT2D eigenvalue weighted by atomic mass is 10.1. The van der Waals surface area contributed by atoms with Crippen molar-refractivity contribution in [3.8, 4) is 11.6 Å². The van der Waals surface area contributed by atoms with Gasteiger partial charge in [0.05, 0.1) is 24.7 Å². The van der Waals surface area contributed by atoms with E-state index in [9.17, 15) is 4.39 Å². The highest BCUT2D eigenvalue weighted by Gasteiger charge is 2.32. The SMILES string of the molecule is COc1cc(Nc2nc(Cl)c3c(n2)N(c2ccc(F)cc2)CC3C)cnc1-n1cnc(C)c1. The van der Waals surface area contributed by atoms with E-state index in [0.29, 0.717) is 40.7 Å². The summed E-state index contributed by atoms with van der Waals surface area (Å²) >= 11 is 6.55. The van der Waals surface area contributed by atoms with E-state index in [1.54, 1.807) is 36.3 Å². The summed E-state index contributed by atoms with van der Waals surface area (Å²) in [5, 5.41) is 3.55. The van der Waals surface area contributed by atoms with Crippen LogP contribution in [0.1, 0.15) is 24.1 Å². The molecule has 1 aliphatic heterocycles. The van der Waals surface area contributed by atoms with Crippen LogP contribution >= 0.6 is 11.6 Å². The molecule has 8 nitrogen and oxygen atoms in total. The molecule has 5 rings (SSSR count). The highest BCUT2D eigenvalue weighted by atomic mass is 35.5. The lowest BCUT2D eigenvalue weighted by Gasteiger charge is -2.19. The van der Waals surface area contributed by atoms with Crippen LogP contribution in [0.3, 0.4) is 0 Å². The number of hydrogen-bond acceptors (Lipinski definition) is 7. The predicted octanol–water partition coefficient (Wildman–Crippen LogP) is 5.17. The minimum Gasteiger partial charge on any atom is -0.493 e. The van der Waals surface area contributed by atoms with Crippen molar-refractivity contribution in [3.63, 3.8) is 0 Å². The second-order valence-corrected chi connectivity index (χ2v) is 8.22. The van der Waals surface area contributed by atoms with Crippen LogP contribution in [-0.4, -0.2) is 38.2 Å². The molecule has 0 fully saturated rings. The van der Waals surface area contributed by atoms with Gasteiger partial charge in [-0.25, -0.2) is 19.3 Å². The van der Waals surface area contributed by atoms with Gasteiger partial charge in [-0.3, -0.25) is 4.57 Å². The van der Waals surface area contributed by atoms with Crippen molar-refractivity contribution in [2.45, 2.75) is 19.8 Å². The number of aromatic nitrogens is 5. The van der Waals surface area contributed by atoms with Crippen molar-refractivity contribution in [2.24, 2.45) is 0 Å². The van der Waals surface area contributed by atoms with Crippen molar-refractivity contribution in [1.82, 2.24) is 24.5 Å². The molecular formula is C23H21ClFN7O. The fraction of sp³-hybridized carbons (Fsp3) is 0.217. The first-order valence-electron chi connectivity index (χ1n) is 10.4. The number of methoxy groups -OCH3 is 1. The van der Waals surface area contributed by atoms with Crippen LogP contribution in [0.25, 0.3) is 5.82 Å². The van der Waals surface area contributed by atoms with Gasteiger partial charge in [0.25, 0.3) is 0 Å². The molecule has 0 bridgehead atoms. The lowest BCUT2D eigenvalue weighted by Crippen LogP contribution is -2.15. The maximum atomic E-state index is 13.4. The Morgan fingerprint density at radius 1 is 1.15 bits per heavy atom. The standard InChI is InChI=1S/C23H21ClFN7O/c1-13-10-32(17-6-4-15(25)5-7-17)22-19(13)20(24)29-23(30-22)28-16-8-18(33-3)21(26-9-16)31-11-14(2)27-12-31/h4-9,11-13H,10H2,1-3H3,(H,28,29,30). The highest BCUT2D eigenvalue weighted by Crippen LogP contribution is 2.43.